The van der Waals surface area contributed by atoms with Crippen LogP contribution in [0.3, 0.4) is 0 Å². The topological polar surface area (TPSA) is 121 Å². The normalized spacial score (nSPS) is 22.8. The number of aromatic nitrogens is 1. The number of carbonyl (C=O) groups is 1. The molecule has 1 aromatic heterocycles. The van der Waals surface area contributed by atoms with Gasteiger partial charge in [0.1, 0.15) is 5.75 Å². The standard InChI is InChI=1S/C26H34N4O4/c1-16(2)22-5-4-6-23(30(22)33)25(31)29-21-13-17(20(27)14-24(21)34-3)15-28-19-9-11-26(32,12-10-19)18-7-8-18/h4-6,13-16,18-19,27,31-33H,7-12H2,1-3H3/p+1. The van der Waals surface area contributed by atoms with E-state index in [0.29, 0.717) is 34.3 Å². The fraction of sp³-hybridized carbons (Fsp3) is 0.500. The molecular formula is C26H35N4O4+. The summed E-state index contributed by atoms with van der Waals surface area (Å²) >= 11 is 0. The number of amides is 1. The summed E-state index contributed by atoms with van der Waals surface area (Å²) in [7, 11) is 1.51. The zero-order chi connectivity index (χ0) is 24.5. The maximum Gasteiger partial charge on any atom is 0.325 e. The minimum absolute atomic E-state index is 0.0479. The van der Waals surface area contributed by atoms with Gasteiger partial charge in [-0.1, -0.05) is 13.8 Å². The van der Waals surface area contributed by atoms with Crippen LogP contribution in [0.4, 0.5) is 11.4 Å². The number of benzene rings is 1. The lowest BCUT2D eigenvalue weighted by Gasteiger charge is -2.35. The summed E-state index contributed by atoms with van der Waals surface area (Å²) in [5.74, 6) is 0.466. The van der Waals surface area contributed by atoms with Gasteiger partial charge in [-0.3, -0.25) is 15.0 Å². The molecule has 0 unspecified atom stereocenters. The Morgan fingerprint density at radius 1 is 1.26 bits per heavy atom. The van der Waals surface area contributed by atoms with E-state index in [9.17, 15) is 15.1 Å². The average molecular weight is 468 g/mol. The van der Waals surface area contributed by atoms with Crippen molar-refractivity contribution in [1.82, 2.24) is 0 Å². The molecule has 2 aromatic rings. The van der Waals surface area contributed by atoms with Crippen LogP contribution in [-0.2, 0) is 0 Å². The maximum atomic E-state index is 13.0. The molecule has 0 atom stereocenters. The fourth-order valence-electron chi connectivity index (χ4n) is 4.77. The first-order valence-electron chi connectivity index (χ1n) is 12.0. The van der Waals surface area contributed by atoms with E-state index in [1.165, 1.54) is 7.11 Å². The van der Waals surface area contributed by atoms with Crippen LogP contribution in [0.15, 0.2) is 35.3 Å². The molecule has 0 radical (unpaired) electrons. The number of aliphatic imine (C=N–C) groups is 1. The first-order chi connectivity index (χ1) is 16.2. The van der Waals surface area contributed by atoms with Gasteiger partial charge in [-0.2, -0.15) is 0 Å². The van der Waals surface area contributed by atoms with Crippen LogP contribution in [0.2, 0.25) is 0 Å². The lowest BCUT2D eigenvalue weighted by molar-refractivity contribution is -0.911. The number of hydrogen-bond acceptors (Lipinski definition) is 6. The van der Waals surface area contributed by atoms with Gasteiger partial charge in [0.05, 0.1) is 24.4 Å². The number of methoxy groups -OCH3 is 1. The first kappa shape index (κ1) is 24.0. The molecule has 0 spiro atoms. The number of hydrogen-bond donors (Lipinski definition) is 4. The Labute approximate surface area is 200 Å². The number of pyridine rings is 1. The zero-order valence-electron chi connectivity index (χ0n) is 20.1. The Hall–Kier alpha value is -3.13. The number of carbonyl (C=O) groups excluding carboxylic acids is 1. The Kier molecular flexibility index (Phi) is 6.79. The van der Waals surface area contributed by atoms with Gasteiger partial charge in [0, 0.05) is 46.3 Å². The highest BCUT2D eigenvalue weighted by atomic mass is 16.5. The molecule has 0 aliphatic heterocycles. The summed E-state index contributed by atoms with van der Waals surface area (Å²) in [4.78, 5) is 17.7. The van der Waals surface area contributed by atoms with Crippen LogP contribution in [0.5, 0.6) is 5.75 Å². The number of rotatable bonds is 7. The Morgan fingerprint density at radius 3 is 2.59 bits per heavy atom. The highest BCUT2D eigenvalue weighted by molar-refractivity contribution is 6.04. The van der Waals surface area contributed by atoms with E-state index in [-0.39, 0.29) is 17.7 Å². The van der Waals surface area contributed by atoms with Crippen molar-refractivity contribution in [3.63, 3.8) is 0 Å². The van der Waals surface area contributed by atoms with E-state index >= 15 is 0 Å². The van der Waals surface area contributed by atoms with Crippen LogP contribution in [-0.4, -0.2) is 41.2 Å². The van der Waals surface area contributed by atoms with Crippen LogP contribution in [0.1, 0.15) is 80.0 Å². The molecule has 2 fully saturated rings. The molecule has 182 valence electrons. The van der Waals surface area contributed by atoms with Crippen molar-refractivity contribution in [3.8, 4) is 5.75 Å². The van der Waals surface area contributed by atoms with E-state index in [4.69, 9.17) is 15.5 Å². The molecule has 34 heavy (non-hydrogen) atoms. The molecule has 1 heterocycles. The Bertz CT molecular complexity index is 1090. The van der Waals surface area contributed by atoms with E-state index in [1.54, 1.807) is 36.5 Å². The van der Waals surface area contributed by atoms with Crippen molar-refractivity contribution in [2.45, 2.75) is 69.9 Å². The molecule has 1 amide bonds. The number of aliphatic hydroxyl groups is 1. The van der Waals surface area contributed by atoms with Gasteiger partial charge in [-0.05, 0) is 56.6 Å². The number of nitrogens with zero attached hydrogens (tertiary/aromatic N) is 2. The summed E-state index contributed by atoms with van der Waals surface area (Å²) in [6, 6.07) is 8.60. The lowest BCUT2D eigenvalue weighted by Crippen LogP contribution is -2.43. The number of nitrogens with two attached hydrogens (primary N) is 1. The molecule has 4 rings (SSSR count). The van der Waals surface area contributed by atoms with Crippen molar-refractivity contribution in [2.75, 3.05) is 18.2 Å². The molecule has 8 heteroatoms. The second-order valence-electron chi connectivity index (χ2n) is 9.83. The molecule has 1 aromatic carbocycles. The largest absolute Gasteiger partial charge is 0.494 e. The quantitative estimate of drug-likeness (QED) is 0.214. The fourth-order valence-corrected chi connectivity index (χ4v) is 4.77. The molecule has 0 saturated heterocycles. The third-order valence-corrected chi connectivity index (χ3v) is 7.05. The minimum atomic E-state index is -0.501. The van der Waals surface area contributed by atoms with Gasteiger partial charge in [-0.25, -0.2) is 0 Å². The van der Waals surface area contributed by atoms with Crippen LogP contribution >= 0.6 is 0 Å². The highest BCUT2D eigenvalue weighted by Crippen LogP contribution is 2.47. The predicted molar refractivity (Wildman–Crippen MR) is 131 cm³/mol. The van der Waals surface area contributed by atoms with Crippen LogP contribution in [0, 0.1) is 5.92 Å². The van der Waals surface area contributed by atoms with E-state index in [0.717, 1.165) is 43.3 Å². The summed E-state index contributed by atoms with van der Waals surface area (Å²) in [5.41, 5.74) is 8.07. The summed E-state index contributed by atoms with van der Waals surface area (Å²) in [6.45, 7) is 3.88. The number of ether oxygens (including phenoxy) is 1. The average Bonchev–Trinajstić information content (AvgIpc) is 3.66. The first-order valence-corrected chi connectivity index (χ1v) is 12.0. The van der Waals surface area contributed by atoms with Gasteiger partial charge in [-0.15, -0.1) is 0 Å². The minimum Gasteiger partial charge on any atom is -0.494 e. The molecule has 2 saturated carbocycles. The summed E-state index contributed by atoms with van der Waals surface area (Å²) < 4.78 is 6.33. The van der Waals surface area contributed by atoms with Crippen molar-refractivity contribution < 1.29 is 24.6 Å². The Morgan fingerprint density at radius 2 is 1.97 bits per heavy atom. The van der Waals surface area contributed by atoms with Crippen LogP contribution in [0.25, 0.3) is 0 Å². The van der Waals surface area contributed by atoms with Crippen molar-refractivity contribution in [2.24, 2.45) is 10.9 Å². The molecule has 5 N–H and O–H groups in total. The zero-order valence-corrected chi connectivity index (χ0v) is 20.1. The second-order valence-corrected chi connectivity index (χ2v) is 9.83. The van der Waals surface area contributed by atoms with Crippen molar-refractivity contribution >= 4 is 23.5 Å². The van der Waals surface area contributed by atoms with Crippen molar-refractivity contribution in [1.29, 1.82) is 0 Å². The van der Waals surface area contributed by atoms with Gasteiger partial charge >= 0.3 is 11.6 Å². The lowest BCUT2D eigenvalue weighted by atomic mass is 9.79. The molecular weight excluding hydrogens is 432 g/mol. The molecule has 0 bridgehead atoms. The third kappa shape index (κ3) is 5.01. The molecule has 2 aliphatic rings. The third-order valence-electron chi connectivity index (χ3n) is 7.05. The number of nitrogen functional groups attached to an aromatic ring is 1. The van der Waals surface area contributed by atoms with Gasteiger partial charge in [0.25, 0.3) is 0 Å². The molecule has 8 nitrogen and oxygen atoms in total. The second kappa shape index (κ2) is 9.62. The predicted octanol–water partition coefficient (Wildman–Crippen LogP) is 3.68. The van der Waals surface area contributed by atoms with E-state index < -0.39 is 11.5 Å². The van der Waals surface area contributed by atoms with E-state index in [2.05, 4.69) is 5.32 Å². The number of anilines is 2. The van der Waals surface area contributed by atoms with Gasteiger partial charge < -0.3 is 20.9 Å². The summed E-state index contributed by atoms with van der Waals surface area (Å²) in [6.07, 6.45) is 7.30. The van der Waals surface area contributed by atoms with Gasteiger partial charge in [0.2, 0.25) is 5.69 Å². The van der Waals surface area contributed by atoms with Crippen LogP contribution < -0.4 is 20.5 Å². The highest BCUT2D eigenvalue weighted by Gasteiger charge is 2.45. The smallest absolute Gasteiger partial charge is 0.325 e. The maximum absolute atomic E-state index is 13.0. The van der Waals surface area contributed by atoms with Crippen molar-refractivity contribution in [3.05, 3.63) is 47.3 Å². The molecule has 2 aliphatic carbocycles. The van der Waals surface area contributed by atoms with E-state index in [1.807, 2.05) is 13.8 Å². The summed E-state index contributed by atoms with van der Waals surface area (Å²) in [5, 5.41) is 24.1. The Balaban J connectivity index is 1.51. The number of nitrogens with one attached hydrogen (secondary N) is 1. The SMILES string of the molecule is COc1cc(N)c(C=NC2CCC(O)(C3CC3)CC2)cc1NC(=O)c1cccc(C(C)C)[n+]1O. The van der Waals surface area contributed by atoms with Gasteiger partial charge in [0.15, 0.2) is 0 Å². The monoisotopic (exact) mass is 467 g/mol.